The SMILES string of the molecule is CC(=O)N1CCc2[nH]nc(C(=O)N3CCN(C)CC3)c2C1. The van der Waals surface area contributed by atoms with E-state index in [0.717, 1.165) is 43.9 Å². The molecular weight excluding hydrogens is 270 g/mol. The van der Waals surface area contributed by atoms with Gasteiger partial charge in [-0.3, -0.25) is 14.7 Å². The van der Waals surface area contributed by atoms with Crippen molar-refractivity contribution < 1.29 is 9.59 Å². The lowest BCUT2D eigenvalue weighted by Gasteiger charge is -2.32. The maximum absolute atomic E-state index is 12.6. The Kier molecular flexibility index (Phi) is 3.67. The van der Waals surface area contributed by atoms with Crippen molar-refractivity contribution in [3.8, 4) is 0 Å². The fraction of sp³-hybridized carbons (Fsp3) is 0.643. The summed E-state index contributed by atoms with van der Waals surface area (Å²) in [6.45, 7) is 5.96. The minimum atomic E-state index is -0.0222. The third-order valence-corrected chi connectivity index (χ3v) is 4.37. The standard InChI is InChI=1S/C14H21N5O2/c1-10(20)19-4-3-12-11(9-19)13(16-15-12)14(21)18-7-5-17(2)6-8-18/h3-9H2,1-2H3,(H,15,16). The van der Waals surface area contributed by atoms with Crippen LogP contribution in [0.5, 0.6) is 0 Å². The van der Waals surface area contributed by atoms with Crippen LogP contribution in [0, 0.1) is 0 Å². The summed E-state index contributed by atoms with van der Waals surface area (Å²) in [5, 5.41) is 7.19. The number of nitrogens with zero attached hydrogens (tertiary/aromatic N) is 4. The highest BCUT2D eigenvalue weighted by atomic mass is 16.2. The van der Waals surface area contributed by atoms with Crippen LogP contribution in [-0.4, -0.2) is 76.5 Å². The van der Waals surface area contributed by atoms with Crippen LogP contribution in [0.1, 0.15) is 28.7 Å². The van der Waals surface area contributed by atoms with Crippen molar-refractivity contribution in [2.24, 2.45) is 0 Å². The molecule has 0 bridgehead atoms. The van der Waals surface area contributed by atoms with Gasteiger partial charge in [-0.2, -0.15) is 5.10 Å². The first-order valence-electron chi connectivity index (χ1n) is 7.35. The number of H-pyrrole nitrogens is 1. The number of carbonyl (C=O) groups is 2. The van der Waals surface area contributed by atoms with Crippen LogP contribution in [0.2, 0.25) is 0 Å². The van der Waals surface area contributed by atoms with Gasteiger partial charge in [-0.05, 0) is 7.05 Å². The molecule has 0 spiro atoms. The minimum Gasteiger partial charge on any atom is -0.338 e. The van der Waals surface area contributed by atoms with Gasteiger partial charge in [-0.25, -0.2) is 0 Å². The smallest absolute Gasteiger partial charge is 0.274 e. The van der Waals surface area contributed by atoms with Gasteiger partial charge < -0.3 is 14.7 Å². The van der Waals surface area contributed by atoms with Crippen molar-refractivity contribution >= 4 is 11.8 Å². The quantitative estimate of drug-likeness (QED) is 0.771. The van der Waals surface area contributed by atoms with Gasteiger partial charge in [0.15, 0.2) is 5.69 Å². The van der Waals surface area contributed by atoms with Crippen LogP contribution in [0.25, 0.3) is 0 Å². The normalized spacial score (nSPS) is 19.5. The molecule has 7 nitrogen and oxygen atoms in total. The molecular formula is C14H21N5O2. The van der Waals surface area contributed by atoms with Crippen LogP contribution in [0.3, 0.4) is 0 Å². The zero-order chi connectivity index (χ0) is 15.0. The Morgan fingerprint density at radius 3 is 2.48 bits per heavy atom. The monoisotopic (exact) mass is 291 g/mol. The lowest BCUT2D eigenvalue weighted by atomic mass is 10.0. The van der Waals surface area contributed by atoms with Gasteiger partial charge in [0.05, 0.1) is 0 Å². The van der Waals surface area contributed by atoms with Crippen LogP contribution in [0.15, 0.2) is 0 Å². The number of aromatic amines is 1. The molecule has 3 heterocycles. The first kappa shape index (κ1) is 14.1. The van der Waals surface area contributed by atoms with E-state index in [-0.39, 0.29) is 11.8 Å². The van der Waals surface area contributed by atoms with Gasteiger partial charge in [0.25, 0.3) is 5.91 Å². The van der Waals surface area contributed by atoms with E-state index in [4.69, 9.17) is 0 Å². The number of nitrogens with one attached hydrogen (secondary N) is 1. The fourth-order valence-corrected chi connectivity index (χ4v) is 2.90. The Hall–Kier alpha value is -1.89. The van der Waals surface area contributed by atoms with Gasteiger partial charge in [0, 0.05) is 63.9 Å². The molecule has 1 saturated heterocycles. The van der Waals surface area contributed by atoms with E-state index in [0.29, 0.717) is 18.8 Å². The maximum atomic E-state index is 12.6. The molecule has 1 aromatic heterocycles. The molecule has 0 atom stereocenters. The van der Waals surface area contributed by atoms with Crippen molar-refractivity contribution in [2.45, 2.75) is 19.9 Å². The van der Waals surface area contributed by atoms with Crippen LogP contribution in [-0.2, 0) is 17.8 Å². The summed E-state index contributed by atoms with van der Waals surface area (Å²) in [5.74, 6) is 0.0193. The number of amides is 2. The molecule has 21 heavy (non-hydrogen) atoms. The lowest BCUT2D eigenvalue weighted by Crippen LogP contribution is -2.47. The summed E-state index contributed by atoms with van der Waals surface area (Å²) in [6, 6.07) is 0. The lowest BCUT2D eigenvalue weighted by molar-refractivity contribution is -0.129. The fourth-order valence-electron chi connectivity index (χ4n) is 2.90. The predicted octanol–water partition coefficient (Wildman–Crippen LogP) is -0.298. The Bertz CT molecular complexity index is 560. The van der Waals surface area contributed by atoms with Gasteiger partial charge in [0.2, 0.25) is 5.91 Å². The summed E-state index contributed by atoms with van der Waals surface area (Å²) in [5.41, 5.74) is 2.37. The van der Waals surface area contributed by atoms with E-state index < -0.39 is 0 Å². The zero-order valence-electron chi connectivity index (χ0n) is 12.6. The van der Waals surface area contributed by atoms with Crippen molar-refractivity contribution in [1.82, 2.24) is 24.9 Å². The van der Waals surface area contributed by atoms with Crippen molar-refractivity contribution in [3.05, 3.63) is 17.0 Å². The van der Waals surface area contributed by atoms with Gasteiger partial charge in [0.1, 0.15) is 0 Å². The molecule has 2 amide bonds. The third kappa shape index (κ3) is 2.65. The molecule has 0 unspecified atom stereocenters. The second kappa shape index (κ2) is 5.48. The number of rotatable bonds is 1. The van der Waals surface area contributed by atoms with E-state index in [1.54, 1.807) is 11.8 Å². The molecule has 0 saturated carbocycles. The Labute approximate surface area is 123 Å². The van der Waals surface area contributed by atoms with Gasteiger partial charge in [-0.1, -0.05) is 0 Å². The second-order valence-electron chi connectivity index (χ2n) is 5.82. The second-order valence-corrected chi connectivity index (χ2v) is 5.82. The number of aromatic nitrogens is 2. The van der Waals surface area contributed by atoms with Crippen LogP contribution < -0.4 is 0 Å². The average Bonchev–Trinajstić information content (AvgIpc) is 2.90. The summed E-state index contributed by atoms with van der Waals surface area (Å²) >= 11 is 0. The Balaban J connectivity index is 1.79. The van der Waals surface area contributed by atoms with E-state index in [1.165, 1.54) is 0 Å². The molecule has 7 heteroatoms. The van der Waals surface area contributed by atoms with E-state index >= 15 is 0 Å². The number of fused-ring (bicyclic) bond motifs is 1. The van der Waals surface area contributed by atoms with Gasteiger partial charge in [-0.15, -0.1) is 0 Å². The first-order valence-corrected chi connectivity index (χ1v) is 7.35. The topological polar surface area (TPSA) is 72.5 Å². The van der Waals surface area contributed by atoms with Gasteiger partial charge >= 0.3 is 0 Å². The zero-order valence-corrected chi connectivity index (χ0v) is 12.6. The van der Waals surface area contributed by atoms with E-state index in [2.05, 4.69) is 22.1 Å². The molecule has 114 valence electrons. The van der Waals surface area contributed by atoms with Crippen molar-refractivity contribution in [2.75, 3.05) is 39.8 Å². The van der Waals surface area contributed by atoms with Crippen molar-refractivity contribution in [1.29, 1.82) is 0 Å². The molecule has 0 aromatic carbocycles. The van der Waals surface area contributed by atoms with E-state index in [1.807, 2.05) is 4.90 Å². The maximum Gasteiger partial charge on any atom is 0.274 e. The molecule has 0 aliphatic carbocycles. The number of carbonyl (C=O) groups excluding carboxylic acids is 2. The van der Waals surface area contributed by atoms with Crippen LogP contribution in [0.4, 0.5) is 0 Å². The summed E-state index contributed by atoms with van der Waals surface area (Å²) in [4.78, 5) is 30.0. The number of likely N-dealkylation sites (N-methyl/N-ethyl adjacent to an activating group) is 1. The Morgan fingerprint density at radius 2 is 1.81 bits per heavy atom. The molecule has 2 aliphatic heterocycles. The molecule has 1 aromatic rings. The first-order chi connectivity index (χ1) is 10.1. The molecule has 2 aliphatic rings. The largest absolute Gasteiger partial charge is 0.338 e. The summed E-state index contributed by atoms with van der Waals surface area (Å²) in [7, 11) is 2.06. The van der Waals surface area contributed by atoms with Crippen LogP contribution >= 0.6 is 0 Å². The molecule has 1 N–H and O–H groups in total. The number of hydrogen-bond acceptors (Lipinski definition) is 4. The van der Waals surface area contributed by atoms with E-state index in [9.17, 15) is 9.59 Å². The highest BCUT2D eigenvalue weighted by Gasteiger charge is 2.29. The molecule has 1 fully saturated rings. The molecule has 3 rings (SSSR count). The predicted molar refractivity (Wildman–Crippen MR) is 76.8 cm³/mol. The highest BCUT2D eigenvalue weighted by Crippen LogP contribution is 2.22. The van der Waals surface area contributed by atoms with Crippen molar-refractivity contribution in [3.63, 3.8) is 0 Å². The number of hydrogen-bond donors (Lipinski definition) is 1. The summed E-state index contributed by atoms with van der Waals surface area (Å²) < 4.78 is 0. The number of piperazine rings is 1. The highest BCUT2D eigenvalue weighted by molar-refractivity contribution is 5.94. The third-order valence-electron chi connectivity index (χ3n) is 4.37. The minimum absolute atomic E-state index is 0.0222. The Morgan fingerprint density at radius 1 is 1.10 bits per heavy atom. The molecule has 0 radical (unpaired) electrons. The average molecular weight is 291 g/mol. The summed E-state index contributed by atoms with van der Waals surface area (Å²) in [6.07, 6.45) is 0.734.